The minimum Gasteiger partial charge on any atom is -0.330 e. The SMILES string of the molecule is CCC(C)(C)C(C)(C)CC/C=C\CCC(C)(C)C(C)(C)CCC(=O)ON1C(=O)CCC1=O. The number of carbonyl (C=O) groups is 3. The monoisotopic (exact) mass is 449 g/mol. The molecular weight excluding hydrogens is 402 g/mol. The summed E-state index contributed by atoms with van der Waals surface area (Å²) in [7, 11) is 0. The van der Waals surface area contributed by atoms with E-state index in [-0.39, 0.29) is 30.1 Å². The molecule has 0 atom stereocenters. The molecule has 32 heavy (non-hydrogen) atoms. The lowest BCUT2D eigenvalue weighted by Crippen LogP contribution is -2.35. The third-order valence-corrected chi connectivity index (χ3v) is 8.74. The van der Waals surface area contributed by atoms with E-state index in [2.05, 4.69) is 74.5 Å². The van der Waals surface area contributed by atoms with Crippen LogP contribution in [0, 0.1) is 21.7 Å². The lowest BCUT2D eigenvalue weighted by molar-refractivity contribution is -0.198. The van der Waals surface area contributed by atoms with Crippen molar-refractivity contribution in [3.05, 3.63) is 12.2 Å². The Labute approximate surface area is 196 Å². The summed E-state index contributed by atoms with van der Waals surface area (Å²) in [4.78, 5) is 40.4. The number of imide groups is 1. The van der Waals surface area contributed by atoms with E-state index in [4.69, 9.17) is 4.84 Å². The molecule has 5 nitrogen and oxygen atoms in total. The zero-order chi connectivity index (χ0) is 24.8. The Morgan fingerprint density at radius 3 is 1.62 bits per heavy atom. The van der Waals surface area contributed by atoms with Gasteiger partial charge in [0.2, 0.25) is 0 Å². The molecular formula is C27H47NO4. The van der Waals surface area contributed by atoms with Gasteiger partial charge in [0.15, 0.2) is 0 Å². The number of rotatable bonds is 13. The average Bonchev–Trinajstić information content (AvgIpc) is 3.00. The van der Waals surface area contributed by atoms with Crippen LogP contribution < -0.4 is 0 Å². The van der Waals surface area contributed by atoms with Gasteiger partial charge in [-0.05, 0) is 53.8 Å². The number of hydrogen-bond donors (Lipinski definition) is 0. The highest BCUT2D eigenvalue weighted by Crippen LogP contribution is 2.46. The highest BCUT2D eigenvalue weighted by Gasteiger charge is 2.38. The maximum Gasteiger partial charge on any atom is 0.333 e. The van der Waals surface area contributed by atoms with Crippen molar-refractivity contribution in [3.63, 3.8) is 0 Å². The maximum atomic E-state index is 12.2. The summed E-state index contributed by atoms with van der Waals surface area (Å²) >= 11 is 0. The molecule has 1 heterocycles. The van der Waals surface area contributed by atoms with E-state index in [1.807, 2.05) is 0 Å². The number of hydrogen-bond acceptors (Lipinski definition) is 4. The van der Waals surface area contributed by atoms with Gasteiger partial charge in [0.1, 0.15) is 0 Å². The third kappa shape index (κ3) is 7.45. The molecule has 0 saturated carbocycles. The highest BCUT2D eigenvalue weighted by molar-refractivity contribution is 6.01. The summed E-state index contributed by atoms with van der Waals surface area (Å²) in [6.45, 7) is 20.6. The van der Waals surface area contributed by atoms with E-state index in [0.717, 1.165) is 19.3 Å². The summed E-state index contributed by atoms with van der Waals surface area (Å²) < 4.78 is 0. The fourth-order valence-corrected chi connectivity index (χ4v) is 3.84. The van der Waals surface area contributed by atoms with Gasteiger partial charge in [0.05, 0.1) is 0 Å². The van der Waals surface area contributed by atoms with E-state index in [0.29, 0.717) is 22.3 Å². The Morgan fingerprint density at radius 1 is 0.781 bits per heavy atom. The summed E-state index contributed by atoms with van der Waals surface area (Å²) in [5.41, 5.74) is 0.585. The van der Waals surface area contributed by atoms with Crippen LogP contribution >= 0.6 is 0 Å². The lowest BCUT2D eigenvalue weighted by atomic mass is 9.63. The third-order valence-electron chi connectivity index (χ3n) is 8.74. The molecule has 1 aliphatic rings. The molecule has 0 aromatic rings. The normalized spacial score (nSPS) is 16.3. The summed E-state index contributed by atoms with van der Waals surface area (Å²) in [5, 5.41) is 0.633. The Balaban J connectivity index is 2.46. The van der Waals surface area contributed by atoms with Crippen LogP contribution in [-0.4, -0.2) is 22.8 Å². The topological polar surface area (TPSA) is 63.7 Å². The Kier molecular flexibility index (Phi) is 9.74. The van der Waals surface area contributed by atoms with Crippen molar-refractivity contribution in [2.45, 2.75) is 120 Å². The van der Waals surface area contributed by atoms with Gasteiger partial charge in [-0.1, -0.05) is 80.9 Å². The first-order chi connectivity index (χ1) is 14.6. The Hall–Kier alpha value is -1.65. The first-order valence-corrected chi connectivity index (χ1v) is 12.3. The molecule has 0 spiro atoms. The van der Waals surface area contributed by atoms with Gasteiger partial charge in [-0.3, -0.25) is 9.59 Å². The fourth-order valence-electron chi connectivity index (χ4n) is 3.84. The van der Waals surface area contributed by atoms with Crippen LogP contribution in [0.4, 0.5) is 0 Å². The van der Waals surface area contributed by atoms with E-state index >= 15 is 0 Å². The molecule has 0 aliphatic carbocycles. The van der Waals surface area contributed by atoms with Crippen molar-refractivity contribution in [1.29, 1.82) is 0 Å². The molecule has 1 fully saturated rings. The largest absolute Gasteiger partial charge is 0.333 e. The van der Waals surface area contributed by atoms with Gasteiger partial charge in [0.25, 0.3) is 11.8 Å². The zero-order valence-electron chi connectivity index (χ0n) is 22.1. The first kappa shape index (κ1) is 28.4. The summed E-state index contributed by atoms with van der Waals surface area (Å²) in [6.07, 6.45) is 11.2. The van der Waals surface area contributed by atoms with E-state index < -0.39 is 17.8 Å². The van der Waals surface area contributed by atoms with Crippen LogP contribution in [0.1, 0.15) is 120 Å². The van der Waals surface area contributed by atoms with Crippen molar-refractivity contribution >= 4 is 17.8 Å². The second-order valence-corrected chi connectivity index (χ2v) is 12.0. The van der Waals surface area contributed by atoms with Gasteiger partial charge in [-0.2, -0.15) is 0 Å². The highest BCUT2D eigenvalue weighted by atomic mass is 16.7. The molecule has 1 aliphatic heterocycles. The van der Waals surface area contributed by atoms with Crippen LogP contribution in [-0.2, 0) is 19.2 Å². The molecule has 0 N–H and O–H groups in total. The van der Waals surface area contributed by atoms with Crippen LogP contribution in [0.25, 0.3) is 0 Å². The van der Waals surface area contributed by atoms with Crippen LogP contribution in [0.2, 0.25) is 0 Å². The molecule has 0 unspecified atom stereocenters. The molecule has 184 valence electrons. The van der Waals surface area contributed by atoms with E-state index in [1.165, 1.54) is 12.8 Å². The molecule has 0 aromatic carbocycles. The second-order valence-electron chi connectivity index (χ2n) is 12.0. The van der Waals surface area contributed by atoms with Crippen molar-refractivity contribution in [1.82, 2.24) is 5.06 Å². The van der Waals surface area contributed by atoms with Gasteiger partial charge < -0.3 is 4.84 Å². The van der Waals surface area contributed by atoms with Gasteiger partial charge >= 0.3 is 5.97 Å². The molecule has 0 aromatic heterocycles. The summed E-state index contributed by atoms with van der Waals surface area (Å²) in [6, 6.07) is 0. The Morgan fingerprint density at radius 2 is 1.19 bits per heavy atom. The number of amides is 2. The molecule has 5 heteroatoms. The smallest absolute Gasteiger partial charge is 0.330 e. The number of hydroxylamine groups is 2. The molecule has 1 rings (SSSR count). The predicted molar refractivity (Wildman–Crippen MR) is 129 cm³/mol. The van der Waals surface area contributed by atoms with Gasteiger partial charge in [-0.15, -0.1) is 5.06 Å². The van der Waals surface area contributed by atoms with E-state index in [9.17, 15) is 14.4 Å². The fraction of sp³-hybridized carbons (Fsp3) is 0.815. The molecule has 0 bridgehead atoms. The zero-order valence-corrected chi connectivity index (χ0v) is 22.1. The van der Waals surface area contributed by atoms with Crippen molar-refractivity contribution in [2.75, 3.05) is 0 Å². The molecule has 2 amide bonds. The van der Waals surface area contributed by atoms with E-state index in [1.54, 1.807) is 0 Å². The molecule has 0 radical (unpaired) electrons. The first-order valence-electron chi connectivity index (χ1n) is 12.3. The number of nitrogens with zero attached hydrogens (tertiary/aromatic N) is 1. The minimum absolute atomic E-state index is 0.0282. The van der Waals surface area contributed by atoms with Crippen molar-refractivity contribution in [2.24, 2.45) is 21.7 Å². The quantitative estimate of drug-likeness (QED) is 0.224. The standard InChI is InChI=1S/C27H47NO4/c1-10-24(2,3)25(4,5)18-13-11-12-14-19-26(6,7)27(8,9)20-17-23(31)32-28-21(29)15-16-22(28)30/h11-12H,10,13-20H2,1-9H3/b12-11-. The van der Waals surface area contributed by atoms with Crippen molar-refractivity contribution < 1.29 is 19.2 Å². The van der Waals surface area contributed by atoms with Crippen LogP contribution in [0.5, 0.6) is 0 Å². The molecule has 1 saturated heterocycles. The maximum absolute atomic E-state index is 12.2. The van der Waals surface area contributed by atoms with Gasteiger partial charge in [0, 0.05) is 19.3 Å². The number of allylic oxidation sites excluding steroid dienone is 2. The predicted octanol–water partition coefficient (Wildman–Crippen LogP) is 7.01. The summed E-state index contributed by atoms with van der Waals surface area (Å²) in [5.74, 6) is -1.39. The van der Waals surface area contributed by atoms with Crippen LogP contribution in [0.3, 0.4) is 0 Å². The number of carbonyl (C=O) groups excluding carboxylic acids is 3. The van der Waals surface area contributed by atoms with Crippen LogP contribution in [0.15, 0.2) is 12.2 Å². The second kappa shape index (κ2) is 11.0. The lowest BCUT2D eigenvalue weighted by Gasteiger charge is -2.42. The minimum atomic E-state index is -0.519. The Bertz CT molecular complexity index is 684. The average molecular weight is 450 g/mol. The van der Waals surface area contributed by atoms with Gasteiger partial charge in [-0.25, -0.2) is 4.79 Å². The van der Waals surface area contributed by atoms with Crippen molar-refractivity contribution in [3.8, 4) is 0 Å².